The van der Waals surface area contributed by atoms with Crippen LogP contribution in [0.2, 0.25) is 0 Å². The number of benzene rings is 1. The van der Waals surface area contributed by atoms with E-state index in [1.165, 1.54) is 11.3 Å². The molecule has 1 aliphatic heterocycles. The number of hydrogen-bond donors (Lipinski definition) is 2. The zero-order valence-corrected chi connectivity index (χ0v) is 16.9. The van der Waals surface area contributed by atoms with Crippen molar-refractivity contribution >= 4 is 28.8 Å². The van der Waals surface area contributed by atoms with Gasteiger partial charge < -0.3 is 15.5 Å². The molecule has 8 heteroatoms. The smallest absolute Gasteiger partial charge is 0.277 e. The first-order valence-electron chi connectivity index (χ1n) is 9.47. The Labute approximate surface area is 172 Å². The zero-order chi connectivity index (χ0) is 20.4. The van der Waals surface area contributed by atoms with Gasteiger partial charge in [-0.05, 0) is 49.4 Å². The molecule has 1 fully saturated rings. The summed E-state index contributed by atoms with van der Waals surface area (Å²) in [4.78, 5) is 31.9. The van der Waals surface area contributed by atoms with Crippen LogP contribution in [0.1, 0.15) is 34.7 Å². The van der Waals surface area contributed by atoms with Gasteiger partial charge in [-0.1, -0.05) is 24.3 Å². The molecule has 1 unspecified atom stereocenters. The maximum atomic E-state index is 12.9. The van der Waals surface area contributed by atoms with Crippen LogP contribution >= 0.6 is 11.3 Å². The van der Waals surface area contributed by atoms with E-state index in [9.17, 15) is 9.59 Å². The van der Waals surface area contributed by atoms with E-state index in [0.29, 0.717) is 23.9 Å². The number of nitrogens with zero attached hydrogens (tertiary/aromatic N) is 2. The van der Waals surface area contributed by atoms with Crippen molar-refractivity contribution in [1.82, 2.24) is 9.88 Å². The summed E-state index contributed by atoms with van der Waals surface area (Å²) in [6.45, 7) is 3.08. The van der Waals surface area contributed by atoms with E-state index in [1.807, 2.05) is 41.8 Å². The summed E-state index contributed by atoms with van der Waals surface area (Å²) in [5.74, 6) is 0.284. The van der Waals surface area contributed by atoms with Gasteiger partial charge in [-0.25, -0.2) is 4.98 Å². The quantitative estimate of drug-likeness (QED) is 0.648. The Morgan fingerprint density at radius 1 is 1.31 bits per heavy atom. The van der Waals surface area contributed by atoms with E-state index < -0.39 is 0 Å². The van der Waals surface area contributed by atoms with E-state index >= 15 is 0 Å². The fourth-order valence-electron chi connectivity index (χ4n) is 3.63. The average Bonchev–Trinajstić information content (AvgIpc) is 3.43. The summed E-state index contributed by atoms with van der Waals surface area (Å²) in [5, 5.41) is 4.88. The van der Waals surface area contributed by atoms with Crippen LogP contribution in [0.4, 0.5) is 5.69 Å². The minimum absolute atomic E-state index is 0.259. The van der Waals surface area contributed by atoms with Gasteiger partial charge in [-0.2, -0.15) is 0 Å². The van der Waals surface area contributed by atoms with Crippen molar-refractivity contribution in [3.63, 3.8) is 0 Å². The van der Waals surface area contributed by atoms with Crippen molar-refractivity contribution in [1.29, 1.82) is 0 Å². The maximum absolute atomic E-state index is 12.9. The highest BCUT2D eigenvalue weighted by Gasteiger charge is 2.29. The highest BCUT2D eigenvalue weighted by atomic mass is 32.1. The predicted molar refractivity (Wildman–Crippen MR) is 112 cm³/mol. The van der Waals surface area contributed by atoms with Crippen molar-refractivity contribution in [2.45, 2.75) is 32.4 Å². The second-order valence-electron chi connectivity index (χ2n) is 7.04. The van der Waals surface area contributed by atoms with Crippen LogP contribution < -0.4 is 11.1 Å². The first kappa shape index (κ1) is 19.4. The van der Waals surface area contributed by atoms with Crippen molar-refractivity contribution < 1.29 is 14.0 Å². The van der Waals surface area contributed by atoms with Crippen molar-refractivity contribution in [2.24, 2.45) is 5.73 Å². The number of thiophene rings is 1. The van der Waals surface area contributed by atoms with Gasteiger partial charge in [0, 0.05) is 12.2 Å². The number of oxazole rings is 1. The van der Waals surface area contributed by atoms with Crippen molar-refractivity contribution in [2.75, 3.05) is 11.9 Å². The number of nitrogens with two attached hydrogens (primary N) is 1. The molecule has 0 radical (unpaired) electrons. The normalized spacial score (nSPS) is 16.8. The summed E-state index contributed by atoms with van der Waals surface area (Å²) >= 11 is 1.51. The molecule has 0 aliphatic carbocycles. The number of carbonyl (C=O) groups excluding carboxylic acids is 2. The van der Waals surface area contributed by atoms with E-state index in [0.717, 1.165) is 29.8 Å². The Kier molecular flexibility index (Phi) is 5.46. The number of nitrogens with one attached hydrogen (secondary N) is 1. The third-order valence-electron chi connectivity index (χ3n) is 5.07. The number of likely N-dealkylation sites (tertiary alicyclic amines) is 1. The number of amides is 2. The van der Waals surface area contributed by atoms with Gasteiger partial charge in [0.15, 0.2) is 5.69 Å². The van der Waals surface area contributed by atoms with E-state index in [-0.39, 0.29) is 23.6 Å². The summed E-state index contributed by atoms with van der Waals surface area (Å²) in [6, 6.07) is 11.1. The number of carbonyl (C=O) groups is 2. The molecule has 3 N–H and O–H groups in total. The third-order valence-corrected chi connectivity index (χ3v) is 5.93. The molecule has 7 nitrogen and oxygen atoms in total. The average molecular weight is 410 g/mol. The number of aromatic nitrogens is 1. The molecule has 2 aromatic heterocycles. The fraction of sp³-hybridized carbons (Fsp3) is 0.286. The molecule has 1 saturated heterocycles. The second kappa shape index (κ2) is 8.18. The SMILES string of the molecule is Cc1oc(-c2cccs2)nc1C(=O)Nc1ccccc1CN1CCCC1C(N)=O. The zero-order valence-electron chi connectivity index (χ0n) is 16.1. The molecule has 4 rings (SSSR count). The number of hydrogen-bond acceptors (Lipinski definition) is 6. The second-order valence-corrected chi connectivity index (χ2v) is 7.99. The van der Waals surface area contributed by atoms with Crippen LogP contribution in [-0.4, -0.2) is 34.3 Å². The summed E-state index contributed by atoms with van der Waals surface area (Å²) in [6.07, 6.45) is 1.71. The minimum Gasteiger partial charge on any atom is -0.440 e. The van der Waals surface area contributed by atoms with E-state index in [1.54, 1.807) is 6.92 Å². The van der Waals surface area contributed by atoms with Gasteiger partial charge in [0.25, 0.3) is 5.91 Å². The highest BCUT2D eigenvalue weighted by Crippen LogP contribution is 2.27. The first-order valence-corrected chi connectivity index (χ1v) is 10.3. The number of rotatable bonds is 6. The van der Waals surface area contributed by atoms with Crippen LogP contribution in [-0.2, 0) is 11.3 Å². The predicted octanol–water partition coefficient (Wildman–Crippen LogP) is 3.41. The molecule has 150 valence electrons. The lowest BCUT2D eigenvalue weighted by Gasteiger charge is -2.23. The van der Waals surface area contributed by atoms with Gasteiger partial charge in [-0.3, -0.25) is 14.5 Å². The van der Waals surface area contributed by atoms with Crippen LogP contribution in [0.25, 0.3) is 10.8 Å². The summed E-state index contributed by atoms with van der Waals surface area (Å²) in [7, 11) is 0. The highest BCUT2D eigenvalue weighted by molar-refractivity contribution is 7.13. The molecule has 29 heavy (non-hydrogen) atoms. The standard InChI is InChI=1S/C21H22N4O3S/c1-13-18(24-21(28-13)17-9-5-11-29-17)20(27)23-15-7-3-2-6-14(15)12-25-10-4-8-16(25)19(22)26/h2-3,5-7,9,11,16H,4,8,10,12H2,1H3,(H2,22,26)(H,23,27). The Balaban J connectivity index is 1.53. The van der Waals surface area contributed by atoms with Gasteiger partial charge in [-0.15, -0.1) is 11.3 Å². The van der Waals surface area contributed by atoms with Crippen LogP contribution in [0, 0.1) is 6.92 Å². The molecule has 1 atom stereocenters. The molecule has 0 bridgehead atoms. The molecule has 0 spiro atoms. The van der Waals surface area contributed by atoms with Crippen molar-refractivity contribution in [3.05, 3.63) is 58.8 Å². The van der Waals surface area contributed by atoms with E-state index in [2.05, 4.69) is 15.2 Å². The third kappa shape index (κ3) is 4.08. The molecular formula is C21H22N4O3S. The molecule has 2 amide bonds. The monoisotopic (exact) mass is 410 g/mol. The summed E-state index contributed by atoms with van der Waals surface area (Å²) < 4.78 is 5.68. The largest absolute Gasteiger partial charge is 0.440 e. The molecule has 1 aliphatic rings. The van der Waals surface area contributed by atoms with E-state index in [4.69, 9.17) is 10.2 Å². The molecule has 3 aromatic rings. The molecule has 0 saturated carbocycles. The van der Waals surface area contributed by atoms with Gasteiger partial charge in [0.1, 0.15) is 5.76 Å². The van der Waals surface area contributed by atoms with Gasteiger partial charge in [0.2, 0.25) is 11.8 Å². The Morgan fingerprint density at radius 3 is 2.90 bits per heavy atom. The maximum Gasteiger partial charge on any atom is 0.277 e. The Bertz CT molecular complexity index is 1030. The Hall–Kier alpha value is -2.97. The number of aryl methyl sites for hydroxylation is 1. The summed E-state index contributed by atoms with van der Waals surface area (Å²) in [5.41, 5.74) is 7.40. The lowest BCUT2D eigenvalue weighted by atomic mass is 10.1. The van der Waals surface area contributed by atoms with Gasteiger partial charge in [0.05, 0.1) is 10.9 Å². The lowest BCUT2D eigenvalue weighted by molar-refractivity contribution is -0.122. The van der Waals surface area contributed by atoms with Gasteiger partial charge >= 0.3 is 0 Å². The van der Waals surface area contributed by atoms with Crippen molar-refractivity contribution in [3.8, 4) is 10.8 Å². The minimum atomic E-state index is -0.325. The topological polar surface area (TPSA) is 101 Å². The number of para-hydroxylation sites is 1. The van der Waals surface area contributed by atoms with Crippen LogP contribution in [0.3, 0.4) is 0 Å². The fourth-order valence-corrected chi connectivity index (χ4v) is 4.28. The molecule has 1 aromatic carbocycles. The van der Waals surface area contributed by atoms with Crippen LogP contribution in [0.5, 0.6) is 0 Å². The number of primary amides is 1. The lowest BCUT2D eigenvalue weighted by Crippen LogP contribution is -2.39. The number of anilines is 1. The van der Waals surface area contributed by atoms with Crippen LogP contribution in [0.15, 0.2) is 46.2 Å². The Morgan fingerprint density at radius 2 is 2.14 bits per heavy atom. The molecular weight excluding hydrogens is 388 g/mol. The molecule has 3 heterocycles. The first-order chi connectivity index (χ1) is 14.0.